The van der Waals surface area contributed by atoms with Crippen molar-refractivity contribution in [1.29, 1.82) is 0 Å². The molecular formula is C35H65N2O4. The molecular weight excluding hydrogens is 512 g/mol. The summed E-state index contributed by atoms with van der Waals surface area (Å²) < 4.78 is 10.6. The first-order chi connectivity index (χ1) is 20.0. The summed E-state index contributed by atoms with van der Waals surface area (Å²) >= 11 is 0. The fraction of sp³-hybridized carbons (Fsp3) is 0.914. The molecule has 1 radical (unpaired) electrons. The Morgan fingerprint density at radius 3 is 1.39 bits per heavy atom. The Hall–Kier alpha value is -1.46. The second kappa shape index (κ2) is 26.2. The molecule has 1 heterocycles. The number of carbonyl (C=O) groups is 2. The van der Waals surface area contributed by atoms with Crippen LogP contribution in [0.25, 0.3) is 0 Å². The number of carbonyl (C=O) groups excluding carboxylic acids is 2. The summed E-state index contributed by atoms with van der Waals surface area (Å²) in [6.07, 6.45) is 30.9. The van der Waals surface area contributed by atoms with Crippen LogP contribution in [0, 0.1) is 6.92 Å². The second-order valence-corrected chi connectivity index (χ2v) is 12.4. The van der Waals surface area contributed by atoms with Gasteiger partial charge in [-0.25, -0.2) is 0 Å². The Morgan fingerprint density at radius 1 is 0.561 bits per heavy atom. The van der Waals surface area contributed by atoms with Crippen molar-refractivity contribution in [2.45, 2.75) is 199 Å². The van der Waals surface area contributed by atoms with Gasteiger partial charge in [-0.1, -0.05) is 136 Å². The highest BCUT2D eigenvalue weighted by molar-refractivity contribution is 5.70. The summed E-state index contributed by atoms with van der Waals surface area (Å²) in [7, 11) is 0. The zero-order valence-corrected chi connectivity index (χ0v) is 27.1. The lowest BCUT2D eigenvalue weighted by Crippen LogP contribution is -2.22. The Bertz CT molecular complexity index is 661. The highest BCUT2D eigenvalue weighted by Gasteiger charge is 2.38. The van der Waals surface area contributed by atoms with E-state index in [-0.39, 0.29) is 24.2 Å². The van der Waals surface area contributed by atoms with Crippen LogP contribution in [-0.4, -0.2) is 30.3 Å². The zero-order chi connectivity index (χ0) is 29.9. The van der Waals surface area contributed by atoms with Crippen LogP contribution in [0.2, 0.25) is 0 Å². The van der Waals surface area contributed by atoms with Crippen molar-refractivity contribution < 1.29 is 19.1 Å². The predicted octanol–water partition coefficient (Wildman–Crippen LogP) is 11.0. The van der Waals surface area contributed by atoms with Crippen LogP contribution < -0.4 is 0 Å². The third-order valence-electron chi connectivity index (χ3n) is 8.23. The molecule has 0 aliphatic carbocycles. The van der Waals surface area contributed by atoms with Crippen LogP contribution in [0.3, 0.4) is 0 Å². The van der Waals surface area contributed by atoms with E-state index in [1.54, 1.807) is 0 Å². The van der Waals surface area contributed by atoms with E-state index in [1.165, 1.54) is 122 Å². The van der Waals surface area contributed by atoms with Crippen molar-refractivity contribution in [3.8, 4) is 0 Å². The number of ether oxygens (including phenoxy) is 2. The molecule has 6 heteroatoms. The summed E-state index contributed by atoms with van der Waals surface area (Å²) in [4.78, 5) is 24.1. The molecule has 1 aliphatic heterocycles. The SMILES string of the molecule is [CH2]C(COC(=O)CCCCCCCCCCCCCCC)OC(=O)CCCCC1(CCCCCCCCCC)N=N1. The molecule has 0 amide bonds. The quantitative estimate of drug-likeness (QED) is 0.0606. The van der Waals surface area contributed by atoms with Crippen molar-refractivity contribution in [1.82, 2.24) is 0 Å². The van der Waals surface area contributed by atoms with E-state index < -0.39 is 6.10 Å². The van der Waals surface area contributed by atoms with E-state index in [2.05, 4.69) is 31.0 Å². The molecule has 0 spiro atoms. The molecule has 0 saturated heterocycles. The minimum absolute atomic E-state index is 0.0303. The van der Waals surface area contributed by atoms with Gasteiger partial charge in [-0.2, -0.15) is 10.2 Å². The average Bonchev–Trinajstić information content (AvgIpc) is 3.73. The van der Waals surface area contributed by atoms with Gasteiger partial charge in [0, 0.05) is 12.8 Å². The molecule has 1 unspecified atom stereocenters. The number of unbranched alkanes of at least 4 members (excludes halogenated alkanes) is 20. The normalized spacial score (nSPS) is 14.2. The molecule has 0 fully saturated rings. The maximum Gasteiger partial charge on any atom is 0.306 e. The van der Waals surface area contributed by atoms with Gasteiger partial charge in [0.1, 0.15) is 12.7 Å². The highest BCUT2D eigenvalue weighted by Crippen LogP contribution is 2.38. The van der Waals surface area contributed by atoms with E-state index in [9.17, 15) is 9.59 Å². The van der Waals surface area contributed by atoms with Crippen LogP contribution in [0.15, 0.2) is 10.2 Å². The molecule has 0 aromatic rings. The van der Waals surface area contributed by atoms with Gasteiger partial charge in [0.2, 0.25) is 0 Å². The van der Waals surface area contributed by atoms with Gasteiger partial charge in [0.05, 0.1) is 0 Å². The van der Waals surface area contributed by atoms with Crippen molar-refractivity contribution in [3.05, 3.63) is 6.92 Å². The first-order valence-corrected chi connectivity index (χ1v) is 17.6. The van der Waals surface area contributed by atoms with Crippen LogP contribution in [0.1, 0.15) is 187 Å². The maximum atomic E-state index is 12.1. The molecule has 0 aromatic heterocycles. The Labute approximate surface area is 253 Å². The Balaban J connectivity index is 1.89. The lowest BCUT2D eigenvalue weighted by molar-refractivity contribution is -0.156. The van der Waals surface area contributed by atoms with Crippen LogP contribution in [0.5, 0.6) is 0 Å². The second-order valence-electron chi connectivity index (χ2n) is 12.4. The largest absolute Gasteiger partial charge is 0.462 e. The van der Waals surface area contributed by atoms with Crippen molar-refractivity contribution >= 4 is 11.9 Å². The molecule has 41 heavy (non-hydrogen) atoms. The molecule has 0 bridgehead atoms. The minimum Gasteiger partial charge on any atom is -0.462 e. The minimum atomic E-state index is -0.653. The first-order valence-electron chi connectivity index (χ1n) is 17.6. The van der Waals surface area contributed by atoms with E-state index >= 15 is 0 Å². The van der Waals surface area contributed by atoms with Crippen LogP contribution in [-0.2, 0) is 19.1 Å². The third kappa shape index (κ3) is 23.8. The average molecular weight is 578 g/mol. The molecule has 1 aliphatic rings. The molecule has 0 N–H and O–H groups in total. The fourth-order valence-corrected chi connectivity index (χ4v) is 5.44. The number of nitrogens with zero attached hydrogens (tertiary/aromatic N) is 2. The highest BCUT2D eigenvalue weighted by atomic mass is 16.6. The monoisotopic (exact) mass is 577 g/mol. The molecule has 0 aromatic carbocycles. The summed E-state index contributed by atoms with van der Waals surface area (Å²) in [6.45, 7) is 8.36. The van der Waals surface area contributed by atoms with E-state index in [1.807, 2.05) is 0 Å². The van der Waals surface area contributed by atoms with Crippen molar-refractivity contribution in [2.75, 3.05) is 6.61 Å². The van der Waals surface area contributed by atoms with E-state index in [0.717, 1.165) is 38.5 Å². The number of hydrogen-bond acceptors (Lipinski definition) is 6. The van der Waals surface area contributed by atoms with Crippen LogP contribution in [0.4, 0.5) is 0 Å². The number of esters is 2. The fourth-order valence-electron chi connectivity index (χ4n) is 5.44. The first kappa shape index (κ1) is 37.6. The van der Waals surface area contributed by atoms with Crippen LogP contribution >= 0.6 is 0 Å². The third-order valence-corrected chi connectivity index (χ3v) is 8.23. The molecule has 6 nitrogen and oxygen atoms in total. The lowest BCUT2D eigenvalue weighted by Gasteiger charge is -2.14. The Morgan fingerprint density at radius 2 is 0.927 bits per heavy atom. The number of rotatable bonds is 31. The zero-order valence-electron chi connectivity index (χ0n) is 27.1. The Kier molecular flexibility index (Phi) is 24.0. The van der Waals surface area contributed by atoms with Gasteiger partial charge in [-0.15, -0.1) is 0 Å². The summed E-state index contributed by atoms with van der Waals surface area (Å²) in [5.74, 6) is -0.504. The van der Waals surface area contributed by atoms with Crippen molar-refractivity contribution in [3.63, 3.8) is 0 Å². The van der Waals surface area contributed by atoms with E-state index in [4.69, 9.17) is 9.47 Å². The number of hydrogen-bond donors (Lipinski definition) is 0. The maximum absolute atomic E-state index is 12.1. The molecule has 1 atom stereocenters. The smallest absolute Gasteiger partial charge is 0.306 e. The topological polar surface area (TPSA) is 77.3 Å². The van der Waals surface area contributed by atoms with Crippen molar-refractivity contribution in [2.24, 2.45) is 10.2 Å². The van der Waals surface area contributed by atoms with Gasteiger partial charge >= 0.3 is 11.9 Å². The molecule has 239 valence electrons. The summed E-state index contributed by atoms with van der Waals surface area (Å²) in [5, 5.41) is 8.61. The molecule has 1 rings (SSSR count). The van der Waals surface area contributed by atoms with Gasteiger partial charge in [0.15, 0.2) is 5.66 Å². The van der Waals surface area contributed by atoms with Gasteiger partial charge < -0.3 is 9.47 Å². The summed E-state index contributed by atoms with van der Waals surface area (Å²) in [6, 6.07) is 0. The molecule has 0 saturated carbocycles. The summed E-state index contributed by atoms with van der Waals surface area (Å²) in [5.41, 5.74) is -0.164. The predicted molar refractivity (Wildman–Crippen MR) is 170 cm³/mol. The lowest BCUT2D eigenvalue weighted by atomic mass is 9.98. The van der Waals surface area contributed by atoms with Gasteiger partial charge in [-0.3, -0.25) is 9.59 Å². The van der Waals surface area contributed by atoms with E-state index in [0.29, 0.717) is 12.8 Å². The van der Waals surface area contributed by atoms with Gasteiger partial charge in [0.25, 0.3) is 0 Å². The van der Waals surface area contributed by atoms with Gasteiger partial charge in [-0.05, 0) is 45.4 Å². The standard InChI is InChI=1S/C35H65N2O4/c1-4-6-8-10-12-14-15-16-17-18-19-21-23-27-33(38)40-31-32(3)41-34(39)28-24-26-30-35(36-37-35)29-25-22-20-13-11-9-7-5-2/h32H,3-31H2,1-2H3.